The highest BCUT2D eigenvalue weighted by Gasteiger charge is 2.23. The van der Waals surface area contributed by atoms with Crippen molar-refractivity contribution in [1.82, 2.24) is 14.5 Å². The zero-order valence-electron chi connectivity index (χ0n) is 13.4. The number of aliphatic hydroxyl groups is 1. The van der Waals surface area contributed by atoms with Crippen molar-refractivity contribution >= 4 is 11.6 Å². The zero-order valence-corrected chi connectivity index (χ0v) is 14.2. The van der Waals surface area contributed by atoms with Gasteiger partial charge in [-0.2, -0.15) is 0 Å². The molecule has 1 heterocycles. The fourth-order valence-electron chi connectivity index (χ4n) is 2.61. The summed E-state index contributed by atoms with van der Waals surface area (Å²) < 4.78 is 1.88. The van der Waals surface area contributed by atoms with E-state index < -0.39 is 0 Å². The molecule has 0 spiro atoms. The SMILES string of the molecule is CC(C)C(CO)N(Cc1ccccc1)Cc1ncc(Cl)n1C. The Bertz CT molecular complexity index is 583. The van der Waals surface area contributed by atoms with Gasteiger partial charge in [0.05, 0.1) is 19.3 Å². The lowest BCUT2D eigenvalue weighted by Crippen LogP contribution is -2.41. The van der Waals surface area contributed by atoms with Crippen LogP contribution in [-0.4, -0.2) is 32.2 Å². The number of imidazole rings is 1. The van der Waals surface area contributed by atoms with Crippen LogP contribution >= 0.6 is 11.6 Å². The molecular formula is C17H24ClN3O. The predicted octanol–water partition coefficient (Wildman–Crippen LogP) is 3.09. The van der Waals surface area contributed by atoms with Crippen molar-refractivity contribution in [2.24, 2.45) is 13.0 Å². The van der Waals surface area contributed by atoms with Crippen molar-refractivity contribution < 1.29 is 5.11 Å². The molecule has 1 atom stereocenters. The Balaban J connectivity index is 2.22. The second kappa shape index (κ2) is 7.77. The highest BCUT2D eigenvalue weighted by molar-refractivity contribution is 6.29. The summed E-state index contributed by atoms with van der Waals surface area (Å²) in [6.07, 6.45) is 1.67. The van der Waals surface area contributed by atoms with Crippen LogP contribution in [0.3, 0.4) is 0 Å². The third-order valence-corrected chi connectivity index (χ3v) is 4.38. The molecule has 0 bridgehead atoms. The average molecular weight is 322 g/mol. The number of rotatable bonds is 7. The van der Waals surface area contributed by atoms with E-state index in [2.05, 4.69) is 35.9 Å². The summed E-state index contributed by atoms with van der Waals surface area (Å²) in [5.74, 6) is 1.25. The molecule has 4 nitrogen and oxygen atoms in total. The third kappa shape index (κ3) is 4.09. The monoisotopic (exact) mass is 321 g/mol. The predicted molar refractivity (Wildman–Crippen MR) is 89.6 cm³/mol. The lowest BCUT2D eigenvalue weighted by atomic mass is 10.0. The Hall–Kier alpha value is -1.36. The van der Waals surface area contributed by atoms with Crippen LogP contribution in [0.15, 0.2) is 36.5 Å². The van der Waals surface area contributed by atoms with E-state index in [1.807, 2.05) is 29.8 Å². The van der Waals surface area contributed by atoms with Gasteiger partial charge < -0.3 is 9.67 Å². The quantitative estimate of drug-likeness (QED) is 0.852. The first-order valence-corrected chi connectivity index (χ1v) is 7.95. The van der Waals surface area contributed by atoms with E-state index in [1.165, 1.54) is 5.56 Å². The van der Waals surface area contributed by atoms with Gasteiger partial charge in [-0.05, 0) is 11.5 Å². The molecule has 5 heteroatoms. The molecule has 2 aromatic rings. The maximum absolute atomic E-state index is 9.80. The van der Waals surface area contributed by atoms with E-state index in [0.717, 1.165) is 12.4 Å². The van der Waals surface area contributed by atoms with Gasteiger partial charge in [0.15, 0.2) is 0 Å². The Morgan fingerprint density at radius 1 is 1.23 bits per heavy atom. The summed E-state index contributed by atoms with van der Waals surface area (Å²) in [5, 5.41) is 10.4. The average Bonchev–Trinajstić information content (AvgIpc) is 2.80. The first-order chi connectivity index (χ1) is 10.5. The van der Waals surface area contributed by atoms with Crippen LogP contribution < -0.4 is 0 Å². The summed E-state index contributed by atoms with van der Waals surface area (Å²) in [7, 11) is 1.91. The fraction of sp³-hybridized carbons (Fsp3) is 0.471. The number of benzene rings is 1. The van der Waals surface area contributed by atoms with Gasteiger partial charge in [-0.15, -0.1) is 0 Å². The van der Waals surface area contributed by atoms with Crippen molar-refractivity contribution in [2.45, 2.75) is 33.0 Å². The highest BCUT2D eigenvalue weighted by atomic mass is 35.5. The second-order valence-electron chi connectivity index (χ2n) is 5.94. The maximum Gasteiger partial charge on any atom is 0.128 e. The highest BCUT2D eigenvalue weighted by Crippen LogP contribution is 2.19. The molecule has 0 fully saturated rings. The second-order valence-corrected chi connectivity index (χ2v) is 6.33. The standard InChI is InChI=1S/C17H24ClN3O/c1-13(2)15(12-22)21(10-14-7-5-4-6-8-14)11-17-19-9-16(18)20(17)3/h4-9,13,15,22H,10-12H2,1-3H3. The molecule has 1 aromatic carbocycles. The lowest BCUT2D eigenvalue weighted by Gasteiger charge is -2.33. The Labute approximate surface area is 137 Å². The van der Waals surface area contributed by atoms with E-state index in [0.29, 0.717) is 17.6 Å². The van der Waals surface area contributed by atoms with E-state index in [9.17, 15) is 5.11 Å². The van der Waals surface area contributed by atoms with E-state index in [1.54, 1.807) is 6.20 Å². The topological polar surface area (TPSA) is 41.3 Å². The third-order valence-electron chi connectivity index (χ3n) is 4.03. The van der Waals surface area contributed by atoms with Crippen LogP contribution in [0.4, 0.5) is 0 Å². The smallest absolute Gasteiger partial charge is 0.128 e. The van der Waals surface area contributed by atoms with Gasteiger partial charge in [0.1, 0.15) is 11.0 Å². The number of nitrogens with zero attached hydrogens (tertiary/aromatic N) is 3. The van der Waals surface area contributed by atoms with Gasteiger partial charge in [-0.25, -0.2) is 4.98 Å². The lowest BCUT2D eigenvalue weighted by molar-refractivity contribution is 0.0756. The first kappa shape index (κ1) is 17.0. The summed E-state index contributed by atoms with van der Waals surface area (Å²) in [5.41, 5.74) is 1.22. The number of hydrogen-bond donors (Lipinski definition) is 1. The summed E-state index contributed by atoms with van der Waals surface area (Å²) in [6, 6.07) is 10.4. The molecule has 1 N–H and O–H groups in total. The number of hydrogen-bond acceptors (Lipinski definition) is 3. The summed E-state index contributed by atoms with van der Waals surface area (Å²) in [6.45, 7) is 5.81. The molecule has 120 valence electrons. The van der Waals surface area contributed by atoms with Crippen LogP contribution in [0.5, 0.6) is 0 Å². The fourth-order valence-corrected chi connectivity index (χ4v) is 2.76. The minimum Gasteiger partial charge on any atom is -0.395 e. The molecule has 0 amide bonds. The van der Waals surface area contributed by atoms with Crippen LogP contribution in [0.2, 0.25) is 5.15 Å². The van der Waals surface area contributed by atoms with Crippen molar-refractivity contribution in [1.29, 1.82) is 0 Å². The number of halogens is 1. The largest absolute Gasteiger partial charge is 0.395 e. The van der Waals surface area contributed by atoms with Crippen molar-refractivity contribution in [3.63, 3.8) is 0 Å². The molecule has 1 unspecified atom stereocenters. The molecule has 0 saturated heterocycles. The molecule has 0 aliphatic carbocycles. The Kier molecular flexibility index (Phi) is 6.00. The van der Waals surface area contributed by atoms with Gasteiger partial charge in [0, 0.05) is 19.6 Å². The Morgan fingerprint density at radius 2 is 1.91 bits per heavy atom. The number of aromatic nitrogens is 2. The Morgan fingerprint density at radius 3 is 2.41 bits per heavy atom. The molecule has 0 aliphatic rings. The van der Waals surface area contributed by atoms with Crippen molar-refractivity contribution in [3.8, 4) is 0 Å². The van der Waals surface area contributed by atoms with Gasteiger partial charge in [-0.3, -0.25) is 4.90 Å². The summed E-state index contributed by atoms with van der Waals surface area (Å²) >= 11 is 6.08. The normalized spacial score (nSPS) is 13.0. The van der Waals surface area contributed by atoms with Crippen LogP contribution in [0.1, 0.15) is 25.2 Å². The van der Waals surface area contributed by atoms with Crippen LogP contribution in [0, 0.1) is 5.92 Å². The number of aliphatic hydroxyl groups excluding tert-OH is 1. The van der Waals surface area contributed by atoms with Gasteiger partial charge >= 0.3 is 0 Å². The van der Waals surface area contributed by atoms with Crippen LogP contribution in [-0.2, 0) is 20.1 Å². The summed E-state index contributed by atoms with van der Waals surface area (Å²) in [4.78, 5) is 6.64. The van der Waals surface area contributed by atoms with E-state index in [-0.39, 0.29) is 12.6 Å². The zero-order chi connectivity index (χ0) is 16.1. The van der Waals surface area contributed by atoms with Crippen LogP contribution in [0.25, 0.3) is 0 Å². The minimum absolute atomic E-state index is 0.0793. The van der Waals surface area contributed by atoms with E-state index >= 15 is 0 Å². The maximum atomic E-state index is 9.80. The molecular weight excluding hydrogens is 298 g/mol. The first-order valence-electron chi connectivity index (χ1n) is 7.57. The van der Waals surface area contributed by atoms with Gasteiger partial charge in [-0.1, -0.05) is 55.8 Å². The van der Waals surface area contributed by atoms with Gasteiger partial charge in [0.25, 0.3) is 0 Å². The molecule has 22 heavy (non-hydrogen) atoms. The molecule has 0 radical (unpaired) electrons. The molecule has 0 saturated carbocycles. The molecule has 1 aromatic heterocycles. The van der Waals surface area contributed by atoms with Crippen molar-refractivity contribution in [2.75, 3.05) is 6.61 Å². The van der Waals surface area contributed by atoms with Crippen molar-refractivity contribution in [3.05, 3.63) is 53.1 Å². The van der Waals surface area contributed by atoms with E-state index in [4.69, 9.17) is 11.6 Å². The molecule has 0 aliphatic heterocycles. The minimum atomic E-state index is 0.0793. The molecule has 2 rings (SSSR count). The van der Waals surface area contributed by atoms with Gasteiger partial charge in [0.2, 0.25) is 0 Å².